The van der Waals surface area contributed by atoms with Crippen molar-refractivity contribution < 1.29 is 0 Å². The molecule has 0 aromatic carbocycles. The smallest absolute Gasteiger partial charge is 0.0647 e. The van der Waals surface area contributed by atoms with Crippen molar-refractivity contribution in [3.05, 3.63) is 29.1 Å². The van der Waals surface area contributed by atoms with Gasteiger partial charge in [0.1, 0.15) is 0 Å². The van der Waals surface area contributed by atoms with E-state index in [1.165, 1.54) is 5.56 Å². The van der Waals surface area contributed by atoms with E-state index >= 15 is 0 Å². The van der Waals surface area contributed by atoms with Crippen molar-refractivity contribution in [3.8, 4) is 0 Å². The Kier molecular flexibility index (Phi) is 1.57. The molecule has 2 unspecified atom stereocenters. The van der Waals surface area contributed by atoms with Crippen LogP contribution in [-0.4, -0.2) is 10.2 Å². The monoisotopic (exact) mass is 200 g/mol. The van der Waals surface area contributed by atoms with Crippen LogP contribution in [-0.2, 0) is 0 Å². The number of rotatable bonds is 0. The van der Waals surface area contributed by atoms with Gasteiger partial charge in [-0.2, -0.15) is 5.10 Å². The molecule has 2 bridgehead atoms. The molecule has 4 rings (SSSR count). The average molecular weight is 200 g/mol. The molecular formula is C13H16N2. The molecule has 2 nitrogen and oxygen atoms in total. The van der Waals surface area contributed by atoms with E-state index in [0.29, 0.717) is 17.3 Å². The third-order valence-electron chi connectivity index (χ3n) is 4.50. The summed E-state index contributed by atoms with van der Waals surface area (Å²) in [5.74, 6) is 1.32. The molecule has 1 saturated carbocycles. The van der Waals surface area contributed by atoms with Crippen LogP contribution in [0, 0.1) is 17.3 Å². The van der Waals surface area contributed by atoms with E-state index in [2.05, 4.69) is 49.2 Å². The number of aromatic amines is 1. The van der Waals surface area contributed by atoms with Crippen LogP contribution in [0.3, 0.4) is 0 Å². The molecular weight excluding hydrogens is 184 g/mol. The first-order chi connectivity index (χ1) is 7.13. The largest absolute Gasteiger partial charge is 0.278 e. The maximum Gasteiger partial charge on any atom is 0.0647 e. The van der Waals surface area contributed by atoms with Crippen molar-refractivity contribution in [1.82, 2.24) is 10.2 Å². The summed E-state index contributed by atoms with van der Waals surface area (Å²) in [5, 5.41) is 7.12. The van der Waals surface area contributed by atoms with Gasteiger partial charge in [-0.05, 0) is 23.3 Å². The lowest BCUT2D eigenvalue weighted by molar-refractivity contribution is 0.130. The summed E-state index contributed by atoms with van der Waals surface area (Å²) >= 11 is 0. The third kappa shape index (κ3) is 0.969. The molecule has 0 aliphatic heterocycles. The van der Waals surface area contributed by atoms with Gasteiger partial charge in [0.15, 0.2) is 0 Å². The Bertz CT molecular complexity index is 453. The summed E-state index contributed by atoms with van der Waals surface area (Å²) in [5.41, 5.74) is 4.25. The zero-order valence-electron chi connectivity index (χ0n) is 9.41. The fourth-order valence-corrected chi connectivity index (χ4v) is 2.91. The molecule has 0 radical (unpaired) electrons. The number of allylic oxidation sites excluding steroid dienone is 2. The van der Waals surface area contributed by atoms with E-state index in [0.717, 1.165) is 5.69 Å². The first kappa shape index (κ1) is 8.96. The summed E-state index contributed by atoms with van der Waals surface area (Å²) in [4.78, 5) is 0. The predicted octanol–water partition coefficient (Wildman–Crippen LogP) is 3.11. The maximum absolute atomic E-state index is 4.09. The molecule has 1 aromatic heterocycles. The van der Waals surface area contributed by atoms with Gasteiger partial charge in [-0.3, -0.25) is 5.10 Å². The third-order valence-corrected chi connectivity index (χ3v) is 4.50. The molecule has 1 heterocycles. The average Bonchev–Trinajstić information content (AvgIpc) is 2.66. The highest BCUT2D eigenvalue weighted by Crippen LogP contribution is 2.57. The second kappa shape index (κ2) is 2.63. The number of hydrogen-bond donors (Lipinski definition) is 1. The molecule has 2 atom stereocenters. The maximum atomic E-state index is 4.09. The van der Waals surface area contributed by atoms with Gasteiger partial charge in [-0.1, -0.05) is 38.5 Å². The molecule has 1 fully saturated rings. The molecule has 1 N–H and O–H groups in total. The predicted molar refractivity (Wildman–Crippen MR) is 62.0 cm³/mol. The first-order valence-electron chi connectivity index (χ1n) is 5.57. The van der Waals surface area contributed by atoms with Gasteiger partial charge in [0, 0.05) is 5.56 Å². The molecule has 15 heavy (non-hydrogen) atoms. The van der Waals surface area contributed by atoms with E-state index in [-0.39, 0.29) is 0 Å². The molecule has 0 amide bonds. The molecule has 78 valence electrons. The fourth-order valence-electron chi connectivity index (χ4n) is 2.91. The van der Waals surface area contributed by atoms with Crippen LogP contribution >= 0.6 is 0 Å². The van der Waals surface area contributed by atoms with Crippen LogP contribution < -0.4 is 0 Å². The van der Waals surface area contributed by atoms with Gasteiger partial charge in [-0.25, -0.2) is 0 Å². The van der Waals surface area contributed by atoms with Crippen molar-refractivity contribution >= 4 is 12.2 Å². The molecule has 0 saturated heterocycles. The molecule has 1 aromatic rings. The van der Waals surface area contributed by atoms with E-state index < -0.39 is 0 Å². The Hall–Kier alpha value is -1.31. The fraction of sp³-hybridized carbons (Fsp3) is 0.462. The number of nitrogens with one attached hydrogen (secondary N) is 1. The van der Waals surface area contributed by atoms with Gasteiger partial charge in [0.25, 0.3) is 0 Å². The Labute approximate surface area is 90.1 Å². The number of hydrogen-bond acceptors (Lipinski definition) is 1. The Morgan fingerprint density at radius 3 is 2.80 bits per heavy atom. The highest BCUT2D eigenvalue weighted by Gasteiger charge is 2.49. The minimum absolute atomic E-state index is 0.328. The normalized spacial score (nSPS) is 37.4. The van der Waals surface area contributed by atoms with E-state index in [1.54, 1.807) is 5.57 Å². The van der Waals surface area contributed by atoms with Gasteiger partial charge in [-0.15, -0.1) is 0 Å². The number of nitrogens with zero attached hydrogens (tertiary/aromatic N) is 1. The van der Waals surface area contributed by atoms with E-state index in [9.17, 15) is 0 Å². The van der Waals surface area contributed by atoms with Gasteiger partial charge in [0.05, 0.1) is 11.9 Å². The van der Waals surface area contributed by atoms with Crippen LogP contribution in [0.5, 0.6) is 0 Å². The van der Waals surface area contributed by atoms with Gasteiger partial charge >= 0.3 is 0 Å². The van der Waals surface area contributed by atoms with E-state index in [4.69, 9.17) is 0 Å². The lowest BCUT2D eigenvalue weighted by Gasteiger charge is -2.53. The Morgan fingerprint density at radius 2 is 2.07 bits per heavy atom. The quantitative estimate of drug-likeness (QED) is 0.685. The summed E-state index contributed by atoms with van der Waals surface area (Å²) < 4.78 is 0. The number of aromatic nitrogens is 2. The zero-order chi connectivity index (χ0) is 10.6. The SMILES string of the molecule is CC1C2=Cc3cn[nH]c3C=CC1(C)C2C. The minimum Gasteiger partial charge on any atom is -0.278 e. The second-order valence-corrected chi connectivity index (χ2v) is 5.03. The molecule has 0 spiro atoms. The highest BCUT2D eigenvalue weighted by molar-refractivity contribution is 5.68. The second-order valence-electron chi connectivity index (χ2n) is 5.03. The van der Waals surface area contributed by atoms with Crippen LogP contribution in [0.1, 0.15) is 32.0 Å². The lowest BCUT2D eigenvalue weighted by atomic mass is 9.51. The van der Waals surface area contributed by atoms with Gasteiger partial charge < -0.3 is 0 Å². The van der Waals surface area contributed by atoms with Crippen molar-refractivity contribution in [2.75, 3.05) is 0 Å². The standard InChI is InChI=1S/C13H16N2/c1-8-11-6-10-7-14-15-12(10)4-5-13(8,3)9(11)2/h4-9H,1-3H3,(H,14,15). The van der Waals surface area contributed by atoms with Crippen molar-refractivity contribution in [3.63, 3.8) is 0 Å². The van der Waals surface area contributed by atoms with E-state index in [1.807, 2.05) is 6.20 Å². The van der Waals surface area contributed by atoms with Crippen molar-refractivity contribution in [1.29, 1.82) is 0 Å². The first-order valence-corrected chi connectivity index (χ1v) is 5.57. The molecule has 2 heteroatoms. The molecule has 3 aliphatic rings. The van der Waals surface area contributed by atoms with Crippen LogP contribution in [0.2, 0.25) is 0 Å². The van der Waals surface area contributed by atoms with Crippen LogP contribution in [0.25, 0.3) is 12.2 Å². The number of H-pyrrole nitrogens is 1. The lowest BCUT2D eigenvalue weighted by Crippen LogP contribution is -2.45. The topological polar surface area (TPSA) is 28.7 Å². The van der Waals surface area contributed by atoms with Crippen molar-refractivity contribution in [2.45, 2.75) is 20.8 Å². The Morgan fingerprint density at radius 1 is 1.33 bits per heavy atom. The minimum atomic E-state index is 0.328. The molecule has 3 aliphatic carbocycles. The zero-order valence-corrected chi connectivity index (χ0v) is 9.41. The van der Waals surface area contributed by atoms with Gasteiger partial charge in [0.2, 0.25) is 0 Å². The Balaban J connectivity index is 2.20. The van der Waals surface area contributed by atoms with Crippen LogP contribution in [0.15, 0.2) is 17.8 Å². The summed E-state index contributed by atoms with van der Waals surface area (Å²) in [6.45, 7) is 6.99. The van der Waals surface area contributed by atoms with Crippen molar-refractivity contribution in [2.24, 2.45) is 17.3 Å². The highest BCUT2D eigenvalue weighted by atomic mass is 15.1. The summed E-state index contributed by atoms with van der Waals surface area (Å²) in [6, 6.07) is 0. The van der Waals surface area contributed by atoms with Crippen LogP contribution in [0.4, 0.5) is 0 Å². The summed E-state index contributed by atoms with van der Waals surface area (Å²) in [6.07, 6.45) is 8.74. The summed E-state index contributed by atoms with van der Waals surface area (Å²) in [7, 11) is 0.